The summed E-state index contributed by atoms with van der Waals surface area (Å²) in [5.41, 5.74) is 1.05. The summed E-state index contributed by atoms with van der Waals surface area (Å²) >= 11 is 5.90. The second kappa shape index (κ2) is 6.40. The van der Waals surface area contributed by atoms with E-state index in [4.69, 9.17) is 16.7 Å². The van der Waals surface area contributed by atoms with Gasteiger partial charge < -0.3 is 5.11 Å². The lowest BCUT2D eigenvalue weighted by Crippen LogP contribution is -2.44. The van der Waals surface area contributed by atoms with Gasteiger partial charge in [-0.25, -0.2) is 0 Å². The minimum absolute atomic E-state index is 0.0888. The van der Waals surface area contributed by atoms with E-state index in [0.717, 1.165) is 5.56 Å². The maximum atomic E-state index is 10.8. The van der Waals surface area contributed by atoms with Crippen molar-refractivity contribution in [3.8, 4) is 0 Å². The molecule has 1 atom stereocenters. The molecular weight excluding hydrogens is 262 g/mol. The van der Waals surface area contributed by atoms with Crippen molar-refractivity contribution in [1.29, 1.82) is 0 Å². The van der Waals surface area contributed by atoms with E-state index in [1.54, 1.807) is 0 Å². The molecule has 1 N–H and O–H groups in total. The van der Waals surface area contributed by atoms with E-state index in [1.807, 2.05) is 24.3 Å². The van der Waals surface area contributed by atoms with Crippen LogP contribution in [0.1, 0.15) is 45.7 Å². The van der Waals surface area contributed by atoms with Gasteiger partial charge in [0.25, 0.3) is 0 Å². The number of hydrogen-bond donors (Lipinski definition) is 1. The average Bonchev–Trinajstić information content (AvgIpc) is 2.27. The topological polar surface area (TPSA) is 40.5 Å². The maximum absolute atomic E-state index is 10.8. The Hall–Kier alpha value is -1.06. The van der Waals surface area contributed by atoms with Crippen molar-refractivity contribution in [2.45, 2.75) is 45.7 Å². The van der Waals surface area contributed by atoms with E-state index in [0.29, 0.717) is 11.6 Å². The van der Waals surface area contributed by atoms with Crippen LogP contribution >= 0.6 is 11.6 Å². The van der Waals surface area contributed by atoms with Crippen molar-refractivity contribution in [1.82, 2.24) is 4.90 Å². The van der Waals surface area contributed by atoms with Crippen molar-refractivity contribution in [3.05, 3.63) is 34.9 Å². The van der Waals surface area contributed by atoms with Gasteiger partial charge in [0.1, 0.15) is 0 Å². The van der Waals surface area contributed by atoms with Gasteiger partial charge in [-0.1, -0.05) is 23.7 Å². The highest BCUT2D eigenvalue weighted by atomic mass is 35.5. The molecular formula is C15H22ClNO2. The molecule has 3 nitrogen and oxygen atoms in total. The number of aliphatic carboxylic acids is 1. The Morgan fingerprint density at radius 2 is 1.84 bits per heavy atom. The number of nitrogens with zero attached hydrogens (tertiary/aromatic N) is 1. The zero-order valence-corrected chi connectivity index (χ0v) is 12.7. The Morgan fingerprint density at radius 3 is 2.26 bits per heavy atom. The van der Waals surface area contributed by atoms with Crippen LogP contribution in [0.5, 0.6) is 0 Å². The first kappa shape index (κ1) is 16.0. The lowest BCUT2D eigenvalue weighted by atomic mass is 9.98. The summed E-state index contributed by atoms with van der Waals surface area (Å²) in [7, 11) is 0. The molecule has 0 aliphatic rings. The minimum Gasteiger partial charge on any atom is -0.481 e. The Labute approximate surface area is 120 Å². The normalized spacial score (nSPS) is 13.6. The number of benzene rings is 1. The van der Waals surface area contributed by atoms with Crippen molar-refractivity contribution in [3.63, 3.8) is 0 Å². The zero-order valence-electron chi connectivity index (χ0n) is 12.0. The molecule has 1 unspecified atom stereocenters. The van der Waals surface area contributed by atoms with Crippen LogP contribution in [0.25, 0.3) is 0 Å². The number of halogens is 1. The fourth-order valence-electron chi connectivity index (χ4n) is 2.25. The third-order valence-corrected chi connectivity index (χ3v) is 3.50. The molecule has 0 radical (unpaired) electrons. The number of rotatable bonds is 5. The van der Waals surface area contributed by atoms with Gasteiger partial charge in [0.2, 0.25) is 0 Å². The van der Waals surface area contributed by atoms with Gasteiger partial charge in [0.05, 0.1) is 6.42 Å². The summed E-state index contributed by atoms with van der Waals surface area (Å²) in [6.07, 6.45) is 0.148. The lowest BCUT2D eigenvalue weighted by Gasteiger charge is -2.40. The molecule has 0 fully saturated rings. The molecule has 0 spiro atoms. The molecule has 1 aromatic carbocycles. The molecule has 0 saturated carbocycles. The third-order valence-electron chi connectivity index (χ3n) is 3.25. The first-order valence-electron chi connectivity index (χ1n) is 6.46. The largest absolute Gasteiger partial charge is 0.481 e. The molecule has 0 heterocycles. The molecule has 0 aromatic heterocycles. The Balaban J connectivity index is 2.90. The van der Waals surface area contributed by atoms with Crippen LogP contribution in [0, 0.1) is 0 Å². The van der Waals surface area contributed by atoms with E-state index < -0.39 is 5.97 Å². The van der Waals surface area contributed by atoms with Gasteiger partial charge in [0, 0.05) is 23.1 Å². The number of carboxylic acids is 1. The van der Waals surface area contributed by atoms with Gasteiger partial charge in [-0.3, -0.25) is 9.69 Å². The first-order chi connectivity index (χ1) is 8.71. The lowest BCUT2D eigenvalue weighted by molar-refractivity contribution is -0.137. The van der Waals surface area contributed by atoms with E-state index in [2.05, 4.69) is 32.6 Å². The number of carbonyl (C=O) groups is 1. The van der Waals surface area contributed by atoms with Gasteiger partial charge in [-0.05, 0) is 45.4 Å². The second-order valence-corrected chi connectivity index (χ2v) is 6.17. The number of hydrogen-bond acceptors (Lipinski definition) is 2. The quantitative estimate of drug-likeness (QED) is 0.889. The average molecular weight is 284 g/mol. The van der Waals surface area contributed by atoms with Gasteiger partial charge in [-0.15, -0.1) is 0 Å². The summed E-state index contributed by atoms with van der Waals surface area (Å²) in [6.45, 7) is 8.92. The molecule has 1 aromatic rings. The highest BCUT2D eigenvalue weighted by Crippen LogP contribution is 2.28. The summed E-state index contributed by atoms with van der Waals surface area (Å²) in [5, 5.41) is 9.58. The van der Waals surface area contributed by atoms with Crippen LogP contribution in [-0.2, 0) is 4.79 Å². The van der Waals surface area contributed by atoms with E-state index in [-0.39, 0.29) is 18.0 Å². The number of carboxylic acid groups (broad SMARTS) is 1. The van der Waals surface area contributed by atoms with E-state index in [9.17, 15) is 4.79 Å². The van der Waals surface area contributed by atoms with Crippen molar-refractivity contribution >= 4 is 17.6 Å². The van der Waals surface area contributed by atoms with Crippen LogP contribution in [0.15, 0.2) is 24.3 Å². The van der Waals surface area contributed by atoms with Gasteiger partial charge in [0.15, 0.2) is 0 Å². The summed E-state index contributed by atoms with van der Waals surface area (Å²) in [6, 6.07) is 7.87. The predicted molar refractivity (Wildman–Crippen MR) is 78.6 cm³/mol. The predicted octanol–water partition coefficient (Wildman–Crippen LogP) is 3.98. The summed E-state index contributed by atoms with van der Waals surface area (Å²) in [4.78, 5) is 13.0. The monoisotopic (exact) mass is 283 g/mol. The molecule has 0 aliphatic carbocycles. The highest BCUT2D eigenvalue weighted by Gasteiger charge is 2.27. The standard InChI is InChI=1S/C15H22ClNO2/c1-11(12-5-7-13(16)8-6-12)17(15(2,3)4)10-9-14(18)19/h5-8,11H,9-10H2,1-4H3,(H,18,19). The molecule has 4 heteroatoms. The second-order valence-electron chi connectivity index (χ2n) is 5.74. The Bertz CT molecular complexity index is 423. The molecule has 0 saturated heterocycles. The van der Waals surface area contributed by atoms with Gasteiger partial charge in [-0.2, -0.15) is 0 Å². The summed E-state index contributed by atoms with van der Waals surface area (Å²) < 4.78 is 0. The van der Waals surface area contributed by atoms with Crippen molar-refractivity contribution < 1.29 is 9.90 Å². The molecule has 0 bridgehead atoms. The van der Waals surface area contributed by atoms with Gasteiger partial charge >= 0.3 is 5.97 Å². The Morgan fingerprint density at radius 1 is 1.32 bits per heavy atom. The van der Waals surface area contributed by atoms with Crippen LogP contribution in [-0.4, -0.2) is 28.1 Å². The van der Waals surface area contributed by atoms with E-state index in [1.165, 1.54) is 0 Å². The zero-order chi connectivity index (χ0) is 14.6. The van der Waals surface area contributed by atoms with Crippen molar-refractivity contribution in [2.75, 3.05) is 6.54 Å². The summed E-state index contributed by atoms with van der Waals surface area (Å²) in [5.74, 6) is -0.766. The molecule has 106 valence electrons. The highest BCUT2D eigenvalue weighted by molar-refractivity contribution is 6.30. The first-order valence-corrected chi connectivity index (χ1v) is 6.83. The third kappa shape index (κ3) is 4.84. The minimum atomic E-state index is -0.766. The fourth-order valence-corrected chi connectivity index (χ4v) is 2.37. The molecule has 0 amide bonds. The molecule has 19 heavy (non-hydrogen) atoms. The van der Waals surface area contributed by atoms with E-state index >= 15 is 0 Å². The van der Waals surface area contributed by atoms with Crippen LogP contribution in [0.4, 0.5) is 0 Å². The maximum Gasteiger partial charge on any atom is 0.304 e. The Kier molecular flexibility index (Phi) is 5.39. The van der Waals surface area contributed by atoms with Crippen LogP contribution in [0.2, 0.25) is 5.02 Å². The molecule has 0 aliphatic heterocycles. The molecule has 1 rings (SSSR count). The SMILES string of the molecule is CC(c1ccc(Cl)cc1)N(CCC(=O)O)C(C)(C)C. The fraction of sp³-hybridized carbons (Fsp3) is 0.533. The van der Waals surface area contributed by atoms with Crippen LogP contribution < -0.4 is 0 Å². The smallest absolute Gasteiger partial charge is 0.304 e. The van der Waals surface area contributed by atoms with Crippen LogP contribution in [0.3, 0.4) is 0 Å². The van der Waals surface area contributed by atoms with Crippen molar-refractivity contribution in [2.24, 2.45) is 0 Å².